The van der Waals surface area contributed by atoms with Gasteiger partial charge in [0.05, 0.1) is 16.5 Å². The van der Waals surface area contributed by atoms with Gasteiger partial charge in [0.15, 0.2) is 0 Å². The smallest absolute Gasteiger partial charge is 0.243 e. The number of sulfonamides is 1. The molecule has 1 fully saturated rings. The lowest BCUT2D eigenvalue weighted by molar-refractivity contribution is 0.227. The van der Waals surface area contributed by atoms with Crippen molar-refractivity contribution in [2.75, 3.05) is 6.54 Å². The third kappa shape index (κ3) is 2.85. The van der Waals surface area contributed by atoms with Crippen molar-refractivity contribution in [1.82, 2.24) is 4.31 Å². The summed E-state index contributed by atoms with van der Waals surface area (Å²) >= 11 is 0. The predicted octanol–water partition coefficient (Wildman–Crippen LogP) is 1.45. The normalized spacial score (nSPS) is 22.1. The second-order valence-electron chi connectivity index (χ2n) is 5.18. The molecule has 5 nitrogen and oxygen atoms in total. The van der Waals surface area contributed by atoms with E-state index in [0.29, 0.717) is 12.1 Å². The zero-order valence-corrected chi connectivity index (χ0v) is 12.3. The summed E-state index contributed by atoms with van der Waals surface area (Å²) in [6.45, 7) is 2.33. The molecular weight excluding hydrogens is 274 g/mol. The number of hydrogen-bond donors (Lipinski definition) is 1. The van der Waals surface area contributed by atoms with Crippen molar-refractivity contribution in [2.45, 2.75) is 43.2 Å². The van der Waals surface area contributed by atoms with Crippen molar-refractivity contribution in [3.05, 3.63) is 29.8 Å². The number of nitrogens with zero attached hydrogens (tertiary/aromatic N) is 2. The van der Waals surface area contributed by atoms with Crippen molar-refractivity contribution in [2.24, 2.45) is 5.73 Å². The quantitative estimate of drug-likeness (QED) is 0.913. The highest BCUT2D eigenvalue weighted by atomic mass is 32.2. The van der Waals surface area contributed by atoms with Gasteiger partial charge in [-0.2, -0.15) is 9.57 Å². The Morgan fingerprint density at radius 1 is 1.45 bits per heavy atom. The van der Waals surface area contributed by atoms with Crippen LogP contribution < -0.4 is 5.73 Å². The minimum absolute atomic E-state index is 0.167. The van der Waals surface area contributed by atoms with Gasteiger partial charge in [-0.25, -0.2) is 8.42 Å². The average Bonchev–Trinajstić information content (AvgIpc) is 2.47. The standard InChI is InChI=1S/C14H19N3O2S/c1-11(16)14-7-2-3-8-17(14)20(18,19)13-6-4-5-12(9-13)10-15/h4-6,9,11,14H,2-3,7-8,16H2,1H3/t11-,14-/m0/s1. The maximum Gasteiger partial charge on any atom is 0.243 e. The third-order valence-electron chi connectivity index (χ3n) is 3.67. The minimum atomic E-state index is -3.59. The number of rotatable bonds is 3. The number of benzene rings is 1. The molecule has 2 N–H and O–H groups in total. The molecule has 1 aromatic carbocycles. The van der Waals surface area contributed by atoms with Crippen LogP contribution >= 0.6 is 0 Å². The van der Waals surface area contributed by atoms with Gasteiger partial charge < -0.3 is 5.73 Å². The number of hydrogen-bond acceptors (Lipinski definition) is 4. The molecule has 1 heterocycles. The highest BCUT2D eigenvalue weighted by Gasteiger charge is 2.35. The summed E-state index contributed by atoms with van der Waals surface area (Å²) in [6, 6.07) is 7.74. The van der Waals surface area contributed by atoms with Gasteiger partial charge in [0.2, 0.25) is 10.0 Å². The van der Waals surface area contributed by atoms with E-state index in [9.17, 15) is 8.42 Å². The maximum atomic E-state index is 12.7. The maximum absolute atomic E-state index is 12.7. The Morgan fingerprint density at radius 2 is 2.20 bits per heavy atom. The van der Waals surface area contributed by atoms with Crippen LogP contribution in [0.15, 0.2) is 29.2 Å². The average molecular weight is 293 g/mol. The lowest BCUT2D eigenvalue weighted by atomic mass is 10.00. The zero-order chi connectivity index (χ0) is 14.8. The molecule has 1 aromatic rings. The fraction of sp³-hybridized carbons (Fsp3) is 0.500. The summed E-state index contributed by atoms with van der Waals surface area (Å²) in [7, 11) is -3.59. The summed E-state index contributed by atoms with van der Waals surface area (Å²) in [4.78, 5) is 0.170. The van der Waals surface area contributed by atoms with Gasteiger partial charge in [-0.3, -0.25) is 0 Å². The van der Waals surface area contributed by atoms with Crippen LogP contribution in [0.3, 0.4) is 0 Å². The first-order valence-corrected chi connectivity index (χ1v) is 8.18. The van der Waals surface area contributed by atoms with Crippen molar-refractivity contribution >= 4 is 10.0 Å². The lowest BCUT2D eigenvalue weighted by Crippen LogP contribution is -2.51. The molecule has 2 atom stereocenters. The van der Waals surface area contributed by atoms with Gasteiger partial charge >= 0.3 is 0 Å². The SMILES string of the molecule is C[C@H](N)[C@@H]1CCCCN1S(=O)(=O)c1cccc(C#N)c1. The highest BCUT2D eigenvalue weighted by Crippen LogP contribution is 2.26. The van der Waals surface area contributed by atoms with Crippen molar-refractivity contribution in [3.8, 4) is 6.07 Å². The first-order chi connectivity index (χ1) is 9.46. The first kappa shape index (κ1) is 15.0. The second kappa shape index (κ2) is 5.92. The van der Waals surface area contributed by atoms with E-state index in [1.165, 1.54) is 16.4 Å². The summed E-state index contributed by atoms with van der Waals surface area (Å²) in [5.41, 5.74) is 6.28. The molecule has 0 unspecified atom stereocenters. The molecule has 0 aromatic heterocycles. The van der Waals surface area contributed by atoms with Crippen molar-refractivity contribution < 1.29 is 8.42 Å². The Kier molecular flexibility index (Phi) is 4.43. The second-order valence-corrected chi connectivity index (χ2v) is 7.07. The summed E-state index contributed by atoms with van der Waals surface area (Å²) < 4.78 is 27.0. The minimum Gasteiger partial charge on any atom is -0.326 e. The Bertz CT molecular complexity index is 620. The van der Waals surface area contributed by atoms with E-state index >= 15 is 0 Å². The molecule has 1 aliphatic rings. The molecule has 0 amide bonds. The highest BCUT2D eigenvalue weighted by molar-refractivity contribution is 7.89. The monoisotopic (exact) mass is 293 g/mol. The molecule has 0 bridgehead atoms. The summed E-state index contributed by atoms with van der Waals surface area (Å²) in [5.74, 6) is 0. The summed E-state index contributed by atoms with van der Waals surface area (Å²) in [5, 5.41) is 8.90. The van der Waals surface area contributed by atoms with Crippen LogP contribution in [0.1, 0.15) is 31.7 Å². The number of nitrogens with two attached hydrogens (primary N) is 1. The zero-order valence-electron chi connectivity index (χ0n) is 11.5. The number of nitriles is 1. The summed E-state index contributed by atoms with van der Waals surface area (Å²) in [6.07, 6.45) is 2.63. The van der Waals surface area contributed by atoms with E-state index in [2.05, 4.69) is 0 Å². The van der Waals surface area contributed by atoms with E-state index in [4.69, 9.17) is 11.0 Å². The molecule has 0 spiro atoms. The predicted molar refractivity (Wildman–Crippen MR) is 76.3 cm³/mol. The van der Waals surface area contributed by atoms with Crippen LogP contribution in [0.25, 0.3) is 0 Å². The lowest BCUT2D eigenvalue weighted by Gasteiger charge is -2.36. The Balaban J connectivity index is 2.40. The molecular formula is C14H19N3O2S. The van der Waals surface area contributed by atoms with Gasteiger partial charge in [0.25, 0.3) is 0 Å². The fourth-order valence-electron chi connectivity index (χ4n) is 2.62. The molecule has 0 aliphatic carbocycles. The van der Waals surface area contributed by atoms with Gasteiger partial charge in [-0.05, 0) is 38.0 Å². The van der Waals surface area contributed by atoms with Gasteiger partial charge in [-0.1, -0.05) is 12.5 Å². The third-order valence-corrected chi connectivity index (χ3v) is 5.60. The van der Waals surface area contributed by atoms with Crippen LogP contribution in [0.4, 0.5) is 0 Å². The van der Waals surface area contributed by atoms with E-state index in [-0.39, 0.29) is 17.0 Å². The molecule has 2 rings (SSSR count). The molecule has 1 saturated heterocycles. The van der Waals surface area contributed by atoms with Crippen molar-refractivity contribution in [1.29, 1.82) is 5.26 Å². The first-order valence-electron chi connectivity index (χ1n) is 6.74. The topological polar surface area (TPSA) is 87.2 Å². The van der Waals surface area contributed by atoms with Crippen molar-refractivity contribution in [3.63, 3.8) is 0 Å². The van der Waals surface area contributed by atoms with Gasteiger partial charge in [-0.15, -0.1) is 0 Å². The Morgan fingerprint density at radius 3 is 2.85 bits per heavy atom. The Labute approximate surface area is 120 Å². The number of piperidine rings is 1. The van der Waals surface area contributed by atoms with E-state index in [1.807, 2.05) is 13.0 Å². The van der Waals surface area contributed by atoms with Crippen LogP contribution in [0, 0.1) is 11.3 Å². The van der Waals surface area contributed by atoms with Crippen LogP contribution in [-0.4, -0.2) is 31.4 Å². The van der Waals surface area contributed by atoms with E-state index < -0.39 is 10.0 Å². The molecule has 0 saturated carbocycles. The molecule has 6 heteroatoms. The van der Waals surface area contributed by atoms with Gasteiger partial charge in [0.1, 0.15) is 0 Å². The molecule has 1 aliphatic heterocycles. The fourth-order valence-corrected chi connectivity index (χ4v) is 4.44. The largest absolute Gasteiger partial charge is 0.326 e. The van der Waals surface area contributed by atoms with Crippen LogP contribution in [0.2, 0.25) is 0 Å². The molecule has 20 heavy (non-hydrogen) atoms. The molecule has 108 valence electrons. The molecule has 0 radical (unpaired) electrons. The van der Waals surface area contributed by atoms with Crippen LogP contribution in [0.5, 0.6) is 0 Å². The van der Waals surface area contributed by atoms with Crippen LogP contribution in [-0.2, 0) is 10.0 Å². The van der Waals surface area contributed by atoms with E-state index in [1.54, 1.807) is 12.1 Å². The van der Waals surface area contributed by atoms with E-state index in [0.717, 1.165) is 19.3 Å². The Hall–Kier alpha value is -1.42. The van der Waals surface area contributed by atoms with Gasteiger partial charge in [0, 0.05) is 18.6 Å².